The SMILES string of the molecule is CC(O)(c1cc(N)ccn1)C(F)(F)F.Cl. The number of anilines is 1. The summed E-state index contributed by atoms with van der Waals surface area (Å²) in [5, 5.41) is 9.20. The van der Waals surface area contributed by atoms with Gasteiger partial charge in [0.1, 0.15) is 0 Å². The van der Waals surface area contributed by atoms with Gasteiger partial charge in [-0.1, -0.05) is 0 Å². The van der Waals surface area contributed by atoms with Crippen molar-refractivity contribution in [2.75, 3.05) is 5.73 Å². The molecule has 0 aromatic carbocycles. The minimum atomic E-state index is -4.77. The van der Waals surface area contributed by atoms with Crippen molar-refractivity contribution in [2.24, 2.45) is 0 Å². The molecule has 0 aliphatic carbocycles. The molecule has 0 spiro atoms. The van der Waals surface area contributed by atoms with Crippen LogP contribution in [-0.4, -0.2) is 16.3 Å². The van der Waals surface area contributed by atoms with Gasteiger partial charge in [-0.25, -0.2) is 0 Å². The zero-order valence-corrected chi connectivity index (χ0v) is 8.56. The number of hydrogen-bond donors (Lipinski definition) is 2. The molecule has 1 heterocycles. The van der Waals surface area contributed by atoms with E-state index in [1.807, 2.05) is 0 Å². The Bertz CT molecular complexity index is 341. The van der Waals surface area contributed by atoms with Crippen molar-refractivity contribution in [3.8, 4) is 0 Å². The van der Waals surface area contributed by atoms with Gasteiger partial charge in [-0.15, -0.1) is 12.4 Å². The Balaban J connectivity index is 0.00000196. The van der Waals surface area contributed by atoms with E-state index in [-0.39, 0.29) is 18.1 Å². The maximum absolute atomic E-state index is 12.3. The van der Waals surface area contributed by atoms with E-state index >= 15 is 0 Å². The molecule has 15 heavy (non-hydrogen) atoms. The number of pyridine rings is 1. The molecular weight excluding hydrogens is 233 g/mol. The minimum absolute atomic E-state index is 0. The Morgan fingerprint density at radius 2 is 1.93 bits per heavy atom. The third kappa shape index (κ3) is 2.73. The normalized spacial score (nSPS) is 15.3. The molecule has 7 heteroatoms. The Morgan fingerprint density at radius 1 is 1.40 bits per heavy atom. The second kappa shape index (κ2) is 4.24. The zero-order valence-electron chi connectivity index (χ0n) is 7.75. The van der Waals surface area contributed by atoms with Gasteiger partial charge in [-0.2, -0.15) is 13.2 Å². The van der Waals surface area contributed by atoms with Crippen molar-refractivity contribution < 1.29 is 18.3 Å². The van der Waals surface area contributed by atoms with Gasteiger partial charge in [0.2, 0.25) is 0 Å². The average Bonchev–Trinajstić information content (AvgIpc) is 2.02. The van der Waals surface area contributed by atoms with Crippen molar-refractivity contribution in [3.05, 3.63) is 24.0 Å². The molecule has 3 nitrogen and oxygen atoms in total. The van der Waals surface area contributed by atoms with E-state index in [0.717, 1.165) is 12.3 Å². The standard InChI is InChI=1S/C8H9F3N2O.ClH/c1-7(14,8(9,10)11)6-4-5(12)2-3-13-6;/h2-4,14H,1H3,(H2,12,13);1H. The first kappa shape index (κ1) is 14.0. The van der Waals surface area contributed by atoms with Gasteiger partial charge < -0.3 is 10.8 Å². The summed E-state index contributed by atoms with van der Waals surface area (Å²) < 4.78 is 37.0. The van der Waals surface area contributed by atoms with Crippen molar-refractivity contribution >= 4 is 18.1 Å². The summed E-state index contributed by atoms with van der Waals surface area (Å²) in [5.41, 5.74) is 1.93. The Hall–Kier alpha value is -1.01. The molecule has 0 radical (unpaired) electrons. The molecule has 0 aliphatic heterocycles. The van der Waals surface area contributed by atoms with Crippen LogP contribution in [0.4, 0.5) is 18.9 Å². The topological polar surface area (TPSA) is 59.1 Å². The van der Waals surface area contributed by atoms with Crippen LogP contribution in [0.1, 0.15) is 12.6 Å². The molecule has 0 saturated carbocycles. The summed E-state index contributed by atoms with van der Waals surface area (Å²) >= 11 is 0. The fraction of sp³-hybridized carbons (Fsp3) is 0.375. The molecule has 0 amide bonds. The third-order valence-corrected chi connectivity index (χ3v) is 1.83. The van der Waals surface area contributed by atoms with Gasteiger partial charge in [-0.05, 0) is 19.1 Å². The summed E-state index contributed by atoms with van der Waals surface area (Å²) in [4.78, 5) is 3.43. The smallest absolute Gasteiger partial charge is 0.399 e. The van der Waals surface area contributed by atoms with Crippen molar-refractivity contribution in [1.29, 1.82) is 0 Å². The minimum Gasteiger partial charge on any atom is -0.399 e. The van der Waals surface area contributed by atoms with Gasteiger partial charge >= 0.3 is 6.18 Å². The molecule has 0 aliphatic rings. The molecule has 1 rings (SSSR count). The van der Waals surface area contributed by atoms with E-state index in [1.54, 1.807) is 0 Å². The van der Waals surface area contributed by atoms with E-state index in [1.165, 1.54) is 6.07 Å². The van der Waals surface area contributed by atoms with Crippen molar-refractivity contribution in [1.82, 2.24) is 4.98 Å². The van der Waals surface area contributed by atoms with E-state index < -0.39 is 17.5 Å². The molecule has 3 N–H and O–H groups in total. The van der Waals surface area contributed by atoms with Crippen LogP contribution in [0.3, 0.4) is 0 Å². The molecular formula is C8H10ClF3N2O. The lowest BCUT2D eigenvalue weighted by Crippen LogP contribution is -2.40. The lowest BCUT2D eigenvalue weighted by atomic mass is 10.0. The fourth-order valence-corrected chi connectivity index (χ4v) is 0.858. The molecule has 0 saturated heterocycles. The van der Waals surface area contributed by atoms with Gasteiger partial charge in [0.15, 0.2) is 5.60 Å². The number of aliphatic hydroxyl groups is 1. The number of halogens is 4. The van der Waals surface area contributed by atoms with Crippen LogP contribution in [0.15, 0.2) is 18.3 Å². The number of aromatic nitrogens is 1. The molecule has 86 valence electrons. The van der Waals surface area contributed by atoms with Crippen LogP contribution < -0.4 is 5.73 Å². The first-order chi connectivity index (χ1) is 6.25. The largest absolute Gasteiger partial charge is 0.422 e. The van der Waals surface area contributed by atoms with Gasteiger partial charge in [0.25, 0.3) is 0 Å². The van der Waals surface area contributed by atoms with E-state index in [2.05, 4.69) is 4.98 Å². The zero-order chi connectivity index (χ0) is 11.0. The molecule has 0 fully saturated rings. The summed E-state index contributed by atoms with van der Waals surface area (Å²) in [7, 11) is 0. The Labute approximate surface area is 90.5 Å². The molecule has 1 aromatic rings. The molecule has 1 atom stereocenters. The maximum atomic E-state index is 12.3. The van der Waals surface area contributed by atoms with Crippen LogP contribution >= 0.6 is 12.4 Å². The number of rotatable bonds is 1. The highest BCUT2D eigenvalue weighted by Crippen LogP contribution is 2.37. The van der Waals surface area contributed by atoms with Crippen LogP contribution in [0.2, 0.25) is 0 Å². The summed E-state index contributed by atoms with van der Waals surface area (Å²) in [6, 6.07) is 2.34. The molecule has 1 aromatic heterocycles. The lowest BCUT2D eigenvalue weighted by Gasteiger charge is -2.25. The van der Waals surface area contributed by atoms with Crippen LogP contribution in [0.25, 0.3) is 0 Å². The van der Waals surface area contributed by atoms with Crippen molar-refractivity contribution in [2.45, 2.75) is 18.7 Å². The second-order valence-corrected chi connectivity index (χ2v) is 3.04. The fourth-order valence-electron chi connectivity index (χ4n) is 0.858. The third-order valence-electron chi connectivity index (χ3n) is 1.83. The van der Waals surface area contributed by atoms with E-state index in [4.69, 9.17) is 5.73 Å². The molecule has 1 unspecified atom stereocenters. The highest BCUT2D eigenvalue weighted by molar-refractivity contribution is 5.85. The van der Waals surface area contributed by atoms with Gasteiger partial charge in [0, 0.05) is 11.9 Å². The first-order valence-corrected chi connectivity index (χ1v) is 3.76. The monoisotopic (exact) mass is 242 g/mol. The van der Waals surface area contributed by atoms with E-state index in [0.29, 0.717) is 6.92 Å². The van der Waals surface area contributed by atoms with Gasteiger partial charge in [-0.3, -0.25) is 4.98 Å². The molecule has 0 bridgehead atoms. The predicted molar refractivity (Wildman–Crippen MR) is 51.5 cm³/mol. The number of nitrogens with two attached hydrogens (primary N) is 1. The second-order valence-electron chi connectivity index (χ2n) is 3.04. The maximum Gasteiger partial charge on any atom is 0.422 e. The quantitative estimate of drug-likeness (QED) is 0.790. The number of nitrogens with zero attached hydrogens (tertiary/aromatic N) is 1. The van der Waals surface area contributed by atoms with E-state index in [9.17, 15) is 18.3 Å². The number of hydrogen-bond acceptors (Lipinski definition) is 3. The Kier molecular flexibility index (Phi) is 3.95. The number of nitrogen functional groups attached to an aromatic ring is 1. The first-order valence-electron chi connectivity index (χ1n) is 3.76. The van der Waals surface area contributed by atoms with Crippen LogP contribution in [-0.2, 0) is 5.60 Å². The number of alkyl halides is 3. The average molecular weight is 243 g/mol. The summed E-state index contributed by atoms with van der Waals surface area (Å²) in [5.74, 6) is 0. The lowest BCUT2D eigenvalue weighted by molar-refractivity contribution is -0.260. The van der Waals surface area contributed by atoms with Crippen LogP contribution in [0.5, 0.6) is 0 Å². The van der Waals surface area contributed by atoms with Gasteiger partial charge in [0.05, 0.1) is 5.69 Å². The van der Waals surface area contributed by atoms with Crippen molar-refractivity contribution in [3.63, 3.8) is 0 Å². The summed E-state index contributed by atoms with van der Waals surface area (Å²) in [6.07, 6.45) is -3.65. The highest BCUT2D eigenvalue weighted by Gasteiger charge is 2.52. The Morgan fingerprint density at radius 3 is 2.33 bits per heavy atom. The summed E-state index contributed by atoms with van der Waals surface area (Å²) in [6.45, 7) is 0.634. The predicted octanol–water partition coefficient (Wildman–Crippen LogP) is 1.86. The van der Waals surface area contributed by atoms with Crippen LogP contribution in [0, 0.1) is 0 Å². The highest BCUT2D eigenvalue weighted by atomic mass is 35.5.